The predicted octanol–water partition coefficient (Wildman–Crippen LogP) is 1.05. The lowest BCUT2D eigenvalue weighted by Crippen LogP contribution is -2.30. The van der Waals surface area contributed by atoms with E-state index in [0.29, 0.717) is 6.42 Å². The van der Waals surface area contributed by atoms with Gasteiger partial charge in [0.2, 0.25) is 0 Å². The average Bonchev–Trinajstić information content (AvgIpc) is 2.40. The summed E-state index contributed by atoms with van der Waals surface area (Å²) >= 11 is 0. The number of rotatable bonds is 5. The molecule has 0 aromatic rings. The maximum atomic E-state index is 11.4. The summed E-state index contributed by atoms with van der Waals surface area (Å²) in [5.41, 5.74) is -0.537. The van der Waals surface area contributed by atoms with E-state index in [1.54, 1.807) is 6.92 Å². The van der Waals surface area contributed by atoms with Crippen LogP contribution in [0.3, 0.4) is 0 Å². The molecule has 1 saturated heterocycles. The van der Waals surface area contributed by atoms with Crippen molar-refractivity contribution in [3.63, 3.8) is 0 Å². The van der Waals surface area contributed by atoms with Crippen molar-refractivity contribution in [2.24, 2.45) is 0 Å². The molecular weight excluding hydrogens is 238 g/mol. The van der Waals surface area contributed by atoms with Gasteiger partial charge in [-0.05, 0) is 45.7 Å². The Labute approximate surface area is 105 Å². The summed E-state index contributed by atoms with van der Waals surface area (Å²) in [6.45, 7) is 6.26. The van der Waals surface area contributed by atoms with Crippen LogP contribution in [0.4, 0.5) is 0 Å². The maximum absolute atomic E-state index is 11.4. The van der Waals surface area contributed by atoms with Gasteiger partial charge in [0.1, 0.15) is 9.84 Å². The van der Waals surface area contributed by atoms with E-state index in [-0.39, 0.29) is 11.5 Å². The zero-order valence-corrected chi connectivity index (χ0v) is 11.8. The molecule has 1 aliphatic heterocycles. The van der Waals surface area contributed by atoms with Gasteiger partial charge in [-0.15, -0.1) is 0 Å². The average molecular weight is 263 g/mol. The molecule has 0 aromatic heterocycles. The Morgan fingerprint density at radius 3 is 2.65 bits per heavy atom. The lowest BCUT2D eigenvalue weighted by Gasteiger charge is -2.22. The van der Waals surface area contributed by atoms with Gasteiger partial charge in [0.05, 0.1) is 11.4 Å². The Bertz CT molecular complexity index is 325. The third-order valence-electron chi connectivity index (χ3n) is 3.53. The molecule has 1 rings (SSSR count). The van der Waals surface area contributed by atoms with Crippen LogP contribution in [0.15, 0.2) is 0 Å². The Morgan fingerprint density at radius 1 is 1.29 bits per heavy atom. The molecule has 1 atom stereocenters. The molecule has 0 spiro atoms. The SMILES string of the molecule is CCS(=O)(=O)CCCN1CCCC(C)(O)CC1. The summed E-state index contributed by atoms with van der Waals surface area (Å²) in [6.07, 6.45) is 3.33. The van der Waals surface area contributed by atoms with Crippen molar-refractivity contribution in [3.05, 3.63) is 0 Å². The largest absolute Gasteiger partial charge is 0.390 e. The quantitative estimate of drug-likeness (QED) is 0.805. The van der Waals surface area contributed by atoms with E-state index in [4.69, 9.17) is 0 Å². The molecule has 0 aromatic carbocycles. The van der Waals surface area contributed by atoms with Crippen LogP contribution in [-0.2, 0) is 9.84 Å². The Morgan fingerprint density at radius 2 is 2.00 bits per heavy atom. The zero-order valence-electron chi connectivity index (χ0n) is 11.0. The molecular formula is C12H25NO3S. The van der Waals surface area contributed by atoms with E-state index >= 15 is 0 Å². The summed E-state index contributed by atoms with van der Waals surface area (Å²) in [7, 11) is -2.83. The minimum Gasteiger partial charge on any atom is -0.390 e. The van der Waals surface area contributed by atoms with E-state index in [9.17, 15) is 13.5 Å². The molecule has 1 unspecified atom stereocenters. The van der Waals surface area contributed by atoms with Gasteiger partial charge in [0.15, 0.2) is 0 Å². The highest BCUT2D eigenvalue weighted by atomic mass is 32.2. The summed E-state index contributed by atoms with van der Waals surface area (Å²) < 4.78 is 22.7. The highest BCUT2D eigenvalue weighted by Gasteiger charge is 2.24. The molecule has 1 fully saturated rings. The third kappa shape index (κ3) is 5.84. The van der Waals surface area contributed by atoms with Crippen LogP contribution in [0.5, 0.6) is 0 Å². The van der Waals surface area contributed by atoms with Crippen molar-refractivity contribution < 1.29 is 13.5 Å². The summed E-state index contributed by atoms with van der Waals surface area (Å²) in [6, 6.07) is 0. The Kier molecular flexibility index (Phi) is 5.41. The maximum Gasteiger partial charge on any atom is 0.150 e. The minimum atomic E-state index is -2.83. The van der Waals surface area contributed by atoms with Gasteiger partial charge < -0.3 is 10.0 Å². The lowest BCUT2D eigenvalue weighted by atomic mass is 9.98. The second-order valence-corrected chi connectivity index (χ2v) is 7.75. The van der Waals surface area contributed by atoms with Gasteiger partial charge >= 0.3 is 0 Å². The second-order valence-electron chi connectivity index (χ2n) is 5.28. The van der Waals surface area contributed by atoms with Crippen molar-refractivity contribution >= 4 is 9.84 Å². The molecule has 1 aliphatic rings. The van der Waals surface area contributed by atoms with E-state index < -0.39 is 15.4 Å². The number of nitrogens with zero attached hydrogens (tertiary/aromatic N) is 1. The fraction of sp³-hybridized carbons (Fsp3) is 1.00. The number of likely N-dealkylation sites (tertiary alicyclic amines) is 1. The van der Waals surface area contributed by atoms with Gasteiger partial charge in [-0.25, -0.2) is 8.42 Å². The summed E-state index contributed by atoms with van der Waals surface area (Å²) in [5, 5.41) is 9.94. The Balaban J connectivity index is 2.29. The van der Waals surface area contributed by atoms with Crippen molar-refractivity contribution in [1.29, 1.82) is 0 Å². The predicted molar refractivity (Wildman–Crippen MR) is 69.9 cm³/mol. The van der Waals surface area contributed by atoms with Crippen LogP contribution >= 0.6 is 0 Å². The normalized spacial score (nSPS) is 27.9. The molecule has 0 bridgehead atoms. The zero-order chi connectivity index (χ0) is 12.9. The molecule has 0 saturated carbocycles. The molecule has 102 valence electrons. The van der Waals surface area contributed by atoms with Crippen molar-refractivity contribution in [2.75, 3.05) is 31.1 Å². The van der Waals surface area contributed by atoms with E-state index in [0.717, 1.165) is 38.9 Å². The van der Waals surface area contributed by atoms with Crippen LogP contribution in [0.2, 0.25) is 0 Å². The number of hydrogen-bond acceptors (Lipinski definition) is 4. The Hall–Kier alpha value is -0.130. The van der Waals surface area contributed by atoms with Gasteiger partial charge in [0, 0.05) is 12.3 Å². The van der Waals surface area contributed by atoms with Crippen LogP contribution in [0.1, 0.15) is 39.5 Å². The molecule has 17 heavy (non-hydrogen) atoms. The monoisotopic (exact) mass is 263 g/mol. The van der Waals surface area contributed by atoms with Gasteiger partial charge in [-0.2, -0.15) is 0 Å². The molecule has 1 N–H and O–H groups in total. The van der Waals surface area contributed by atoms with E-state index in [2.05, 4.69) is 4.90 Å². The molecule has 0 amide bonds. The first kappa shape index (κ1) is 14.9. The first-order chi connectivity index (χ1) is 7.85. The van der Waals surface area contributed by atoms with Crippen LogP contribution < -0.4 is 0 Å². The first-order valence-electron chi connectivity index (χ1n) is 6.50. The fourth-order valence-corrected chi connectivity index (χ4v) is 3.05. The number of hydrogen-bond donors (Lipinski definition) is 1. The fourth-order valence-electron chi connectivity index (χ4n) is 2.20. The lowest BCUT2D eigenvalue weighted by molar-refractivity contribution is 0.0447. The van der Waals surface area contributed by atoms with Crippen LogP contribution in [0.25, 0.3) is 0 Å². The molecule has 1 heterocycles. The van der Waals surface area contributed by atoms with E-state index in [1.807, 2.05) is 6.92 Å². The highest BCUT2D eigenvalue weighted by molar-refractivity contribution is 7.91. The first-order valence-corrected chi connectivity index (χ1v) is 8.32. The number of sulfone groups is 1. The topological polar surface area (TPSA) is 57.6 Å². The number of aliphatic hydroxyl groups is 1. The van der Waals surface area contributed by atoms with Crippen molar-refractivity contribution in [3.8, 4) is 0 Å². The molecule has 0 aliphatic carbocycles. The van der Waals surface area contributed by atoms with Gasteiger partial charge in [0.25, 0.3) is 0 Å². The van der Waals surface area contributed by atoms with Crippen molar-refractivity contribution in [2.45, 2.75) is 45.1 Å². The molecule has 4 nitrogen and oxygen atoms in total. The third-order valence-corrected chi connectivity index (χ3v) is 5.32. The van der Waals surface area contributed by atoms with E-state index in [1.165, 1.54) is 0 Å². The van der Waals surface area contributed by atoms with Crippen molar-refractivity contribution in [1.82, 2.24) is 4.90 Å². The summed E-state index contributed by atoms with van der Waals surface area (Å²) in [5.74, 6) is 0.526. The van der Waals surface area contributed by atoms with Crippen LogP contribution in [-0.4, -0.2) is 55.2 Å². The minimum absolute atomic E-state index is 0.238. The smallest absolute Gasteiger partial charge is 0.150 e. The summed E-state index contributed by atoms with van der Waals surface area (Å²) in [4.78, 5) is 2.27. The second kappa shape index (κ2) is 6.16. The highest BCUT2D eigenvalue weighted by Crippen LogP contribution is 2.21. The molecule has 0 radical (unpaired) electrons. The standard InChI is InChI=1S/C12H25NO3S/c1-3-17(15,16)11-5-9-13-8-4-6-12(2,14)7-10-13/h14H,3-11H2,1-2H3. The van der Waals surface area contributed by atoms with Gasteiger partial charge in [-0.3, -0.25) is 0 Å². The van der Waals surface area contributed by atoms with Crippen LogP contribution in [0, 0.1) is 0 Å². The molecule has 5 heteroatoms. The van der Waals surface area contributed by atoms with Gasteiger partial charge in [-0.1, -0.05) is 6.92 Å².